The lowest BCUT2D eigenvalue weighted by molar-refractivity contribution is 0.585. The Morgan fingerprint density at radius 1 is 1.06 bits per heavy atom. The summed E-state index contributed by atoms with van der Waals surface area (Å²) in [6.07, 6.45) is 2.07. The molecule has 0 atom stereocenters. The first-order valence-corrected chi connectivity index (χ1v) is 13.1. The molecule has 174 valence electrons. The average molecular weight is 467 g/mol. The van der Waals surface area contributed by atoms with Gasteiger partial charge in [-0.05, 0) is 42.3 Å². The summed E-state index contributed by atoms with van der Waals surface area (Å²) in [6.45, 7) is 11.5. The van der Waals surface area contributed by atoms with Crippen molar-refractivity contribution in [2.24, 2.45) is 10.9 Å². The number of primary sulfonamides is 1. The number of anilines is 1. The van der Waals surface area contributed by atoms with E-state index in [2.05, 4.69) is 31.4 Å². The number of rotatable bonds is 10. The molecule has 0 heterocycles. The molecule has 31 heavy (non-hydrogen) atoms. The Bertz CT molecular complexity index is 883. The summed E-state index contributed by atoms with van der Waals surface area (Å²) in [5.74, 6) is 0. The zero-order valence-electron chi connectivity index (χ0n) is 19.3. The van der Waals surface area contributed by atoms with Gasteiger partial charge in [-0.2, -0.15) is 0 Å². The van der Waals surface area contributed by atoms with Crippen LogP contribution in [0.2, 0.25) is 0 Å². The Balaban J connectivity index is 0.00000110. The van der Waals surface area contributed by atoms with E-state index in [4.69, 9.17) is 10.9 Å². The first-order valence-electron chi connectivity index (χ1n) is 10.7. The third kappa shape index (κ3) is 11.0. The van der Waals surface area contributed by atoms with Crippen molar-refractivity contribution in [3.8, 4) is 0 Å². The van der Waals surface area contributed by atoms with Gasteiger partial charge in [-0.25, -0.2) is 13.6 Å². The van der Waals surface area contributed by atoms with Crippen LogP contribution in [0, 0.1) is 0 Å². The summed E-state index contributed by atoms with van der Waals surface area (Å²) in [5, 5.41) is 12.3. The SMILES string of the molecule is CC(C)N.CCCCNc1cc(CNC(C)C)cc(S(N)(=O)=O)c1Sc1ccccc1. The van der Waals surface area contributed by atoms with Gasteiger partial charge in [0.25, 0.3) is 0 Å². The van der Waals surface area contributed by atoms with Gasteiger partial charge in [-0.1, -0.05) is 71.0 Å². The number of sulfonamides is 1. The second-order valence-corrected chi connectivity index (χ2v) is 10.6. The Morgan fingerprint density at radius 3 is 2.19 bits per heavy atom. The standard InChI is InChI=1S/C20H29N3O2S2.C3H9N/c1-4-5-11-22-18-12-16(14-23-15(2)3)13-19(27(21,24)25)20(18)26-17-9-7-6-8-10-17;1-3(2)4/h6-10,12-13,15,22-23H,4-5,11,14H2,1-3H3,(H2,21,24,25);3H,4H2,1-2H3. The minimum atomic E-state index is -3.86. The van der Waals surface area contributed by atoms with Crippen molar-refractivity contribution in [3.63, 3.8) is 0 Å². The van der Waals surface area contributed by atoms with Crippen LogP contribution in [0.5, 0.6) is 0 Å². The fourth-order valence-corrected chi connectivity index (χ4v) is 4.62. The molecule has 8 heteroatoms. The number of nitrogens with one attached hydrogen (secondary N) is 2. The lowest BCUT2D eigenvalue weighted by Gasteiger charge is -2.18. The largest absolute Gasteiger partial charge is 0.384 e. The van der Waals surface area contributed by atoms with Crippen molar-refractivity contribution in [2.45, 2.75) is 80.8 Å². The molecule has 0 spiro atoms. The molecule has 2 aromatic carbocycles. The molecule has 6 N–H and O–H groups in total. The van der Waals surface area contributed by atoms with Crippen LogP contribution in [0.3, 0.4) is 0 Å². The molecule has 0 amide bonds. The van der Waals surface area contributed by atoms with Crippen LogP contribution in [0.4, 0.5) is 5.69 Å². The molecule has 0 aliphatic heterocycles. The van der Waals surface area contributed by atoms with Gasteiger partial charge >= 0.3 is 0 Å². The third-order valence-corrected chi connectivity index (χ3v) is 6.16. The number of unbranched alkanes of at least 4 members (excludes halogenated alkanes) is 1. The molecule has 0 bridgehead atoms. The van der Waals surface area contributed by atoms with Crippen molar-refractivity contribution >= 4 is 27.5 Å². The molecule has 0 saturated heterocycles. The number of benzene rings is 2. The summed E-state index contributed by atoms with van der Waals surface area (Å²) in [5.41, 5.74) is 6.81. The zero-order valence-corrected chi connectivity index (χ0v) is 20.9. The minimum Gasteiger partial charge on any atom is -0.384 e. The molecule has 0 aromatic heterocycles. The monoisotopic (exact) mass is 466 g/mol. The number of hydrogen-bond donors (Lipinski definition) is 4. The second-order valence-electron chi connectivity index (χ2n) is 7.99. The smallest absolute Gasteiger partial charge is 0.239 e. The second kappa shape index (κ2) is 13.8. The molecule has 0 radical (unpaired) electrons. The van der Waals surface area contributed by atoms with Gasteiger partial charge in [0.2, 0.25) is 10.0 Å². The van der Waals surface area contributed by atoms with Crippen LogP contribution < -0.4 is 21.5 Å². The van der Waals surface area contributed by atoms with E-state index in [9.17, 15) is 8.42 Å². The van der Waals surface area contributed by atoms with E-state index >= 15 is 0 Å². The van der Waals surface area contributed by atoms with E-state index in [1.54, 1.807) is 6.07 Å². The van der Waals surface area contributed by atoms with Gasteiger partial charge in [0.05, 0.1) is 9.79 Å². The number of hydrogen-bond acceptors (Lipinski definition) is 6. The highest BCUT2D eigenvalue weighted by Crippen LogP contribution is 2.39. The molecule has 6 nitrogen and oxygen atoms in total. The Labute approximate surface area is 192 Å². The van der Waals surface area contributed by atoms with E-state index in [0.717, 1.165) is 35.5 Å². The molecule has 2 aromatic rings. The van der Waals surface area contributed by atoms with Crippen molar-refractivity contribution in [1.82, 2.24) is 5.32 Å². The Hall–Kier alpha value is -1.58. The highest BCUT2D eigenvalue weighted by atomic mass is 32.2. The maximum Gasteiger partial charge on any atom is 0.239 e. The normalized spacial score (nSPS) is 11.4. The zero-order chi connectivity index (χ0) is 23.4. The minimum absolute atomic E-state index is 0.165. The molecular weight excluding hydrogens is 428 g/mol. The number of nitrogens with two attached hydrogens (primary N) is 2. The maximum atomic E-state index is 12.3. The summed E-state index contributed by atoms with van der Waals surface area (Å²) in [4.78, 5) is 1.78. The van der Waals surface area contributed by atoms with Gasteiger partial charge in [0, 0.05) is 29.7 Å². The summed E-state index contributed by atoms with van der Waals surface area (Å²) in [6, 6.07) is 14.1. The lowest BCUT2D eigenvalue weighted by Crippen LogP contribution is -2.22. The predicted molar refractivity (Wildman–Crippen MR) is 133 cm³/mol. The van der Waals surface area contributed by atoms with Crippen LogP contribution in [0.25, 0.3) is 0 Å². The van der Waals surface area contributed by atoms with Crippen LogP contribution in [0.15, 0.2) is 57.2 Å². The Kier molecular flexibility index (Phi) is 12.2. The average Bonchev–Trinajstić information content (AvgIpc) is 2.67. The summed E-state index contributed by atoms with van der Waals surface area (Å²) < 4.78 is 24.7. The molecule has 0 fully saturated rings. The fourth-order valence-electron chi connectivity index (χ4n) is 2.54. The van der Waals surface area contributed by atoms with Crippen LogP contribution in [-0.4, -0.2) is 27.0 Å². The van der Waals surface area contributed by atoms with Gasteiger partial charge in [0.1, 0.15) is 0 Å². The van der Waals surface area contributed by atoms with Crippen molar-refractivity contribution in [1.29, 1.82) is 0 Å². The lowest BCUT2D eigenvalue weighted by atomic mass is 10.2. The van der Waals surface area contributed by atoms with Gasteiger partial charge < -0.3 is 16.4 Å². The van der Waals surface area contributed by atoms with Crippen molar-refractivity contribution < 1.29 is 8.42 Å². The van der Waals surface area contributed by atoms with E-state index in [1.807, 2.05) is 50.2 Å². The highest BCUT2D eigenvalue weighted by Gasteiger charge is 2.20. The quantitative estimate of drug-likeness (QED) is 0.382. The van der Waals surface area contributed by atoms with Gasteiger partial charge in [-0.3, -0.25) is 0 Å². The van der Waals surface area contributed by atoms with Gasteiger partial charge in [-0.15, -0.1) is 0 Å². The first-order chi connectivity index (χ1) is 14.5. The molecule has 2 rings (SSSR count). The summed E-state index contributed by atoms with van der Waals surface area (Å²) >= 11 is 1.42. The van der Waals surface area contributed by atoms with E-state index in [1.165, 1.54) is 11.8 Å². The fraction of sp³-hybridized carbons (Fsp3) is 0.478. The third-order valence-electron chi connectivity index (χ3n) is 3.94. The predicted octanol–water partition coefficient (Wildman–Crippen LogP) is 4.55. The van der Waals surface area contributed by atoms with Crippen LogP contribution in [0.1, 0.15) is 53.0 Å². The Morgan fingerprint density at radius 2 is 1.68 bits per heavy atom. The molecule has 0 aliphatic rings. The molecule has 0 aliphatic carbocycles. The van der Waals surface area contributed by atoms with Crippen LogP contribution in [-0.2, 0) is 16.6 Å². The van der Waals surface area contributed by atoms with Crippen LogP contribution >= 0.6 is 11.8 Å². The maximum absolute atomic E-state index is 12.3. The highest BCUT2D eigenvalue weighted by molar-refractivity contribution is 8.00. The van der Waals surface area contributed by atoms with Crippen molar-refractivity contribution in [3.05, 3.63) is 48.0 Å². The topological polar surface area (TPSA) is 110 Å². The van der Waals surface area contributed by atoms with E-state index in [-0.39, 0.29) is 4.90 Å². The van der Waals surface area contributed by atoms with Crippen molar-refractivity contribution in [2.75, 3.05) is 11.9 Å². The first kappa shape index (κ1) is 27.5. The van der Waals surface area contributed by atoms with E-state index in [0.29, 0.717) is 23.5 Å². The summed E-state index contributed by atoms with van der Waals surface area (Å²) in [7, 11) is -3.86. The molecule has 0 unspecified atom stereocenters. The molecular formula is C23H38N4O2S2. The van der Waals surface area contributed by atoms with Gasteiger partial charge in [0.15, 0.2) is 0 Å². The van der Waals surface area contributed by atoms with E-state index < -0.39 is 10.0 Å². The molecule has 0 saturated carbocycles.